The summed E-state index contributed by atoms with van der Waals surface area (Å²) in [6.07, 6.45) is 0. The molecule has 0 bridgehead atoms. The third kappa shape index (κ3) is 6.24. The van der Waals surface area contributed by atoms with Crippen LogP contribution < -0.4 is 20.1 Å². The molecule has 0 saturated carbocycles. The van der Waals surface area contributed by atoms with Crippen LogP contribution in [0.15, 0.2) is 71.6 Å². The Morgan fingerprint density at radius 1 is 0.935 bits per heavy atom. The number of hydrogen-bond acceptors (Lipinski definition) is 4. The van der Waals surface area contributed by atoms with Crippen molar-refractivity contribution in [3.8, 4) is 5.75 Å². The van der Waals surface area contributed by atoms with E-state index in [0.29, 0.717) is 33.9 Å². The van der Waals surface area contributed by atoms with Crippen LogP contribution in [0.2, 0.25) is 10.0 Å². The monoisotopic (exact) mass is 495 g/mol. The number of hydrogen-bond donors (Lipinski definition) is 3. The quantitative estimate of drug-likeness (QED) is 0.348. The molecule has 0 aliphatic rings. The van der Waals surface area contributed by atoms with E-state index in [9.17, 15) is 8.42 Å². The average Bonchev–Trinajstić information content (AvgIpc) is 2.72. The first kappa shape index (κ1) is 23.1. The fraction of sp³-hybridized carbons (Fsp3) is 0.0952. The van der Waals surface area contributed by atoms with Crippen LogP contribution in [-0.2, 0) is 10.0 Å². The van der Waals surface area contributed by atoms with Crippen molar-refractivity contribution < 1.29 is 13.2 Å². The first-order valence-electron chi connectivity index (χ1n) is 9.16. The van der Waals surface area contributed by atoms with Crippen molar-refractivity contribution in [3.63, 3.8) is 0 Å². The second-order valence-corrected chi connectivity index (χ2v) is 9.17. The molecule has 0 fully saturated rings. The Kier molecular flexibility index (Phi) is 7.61. The van der Waals surface area contributed by atoms with Gasteiger partial charge in [0.2, 0.25) is 0 Å². The smallest absolute Gasteiger partial charge is 0.261 e. The molecule has 3 aromatic rings. The molecule has 6 nitrogen and oxygen atoms in total. The van der Waals surface area contributed by atoms with Crippen LogP contribution in [0.4, 0.5) is 17.1 Å². The zero-order chi connectivity index (χ0) is 22.4. The molecule has 162 valence electrons. The van der Waals surface area contributed by atoms with Crippen molar-refractivity contribution in [2.75, 3.05) is 22.0 Å². The van der Waals surface area contributed by atoms with Gasteiger partial charge < -0.3 is 15.4 Å². The molecular weight excluding hydrogens is 477 g/mol. The SMILES string of the molecule is CCOc1ccccc1NC(=S)Nc1ccc(S(=O)(=O)Nc2ccc(Cl)c(Cl)c2)cc1. The Bertz CT molecular complexity index is 1190. The van der Waals surface area contributed by atoms with E-state index in [0.717, 1.165) is 5.69 Å². The Labute approximate surface area is 196 Å². The summed E-state index contributed by atoms with van der Waals surface area (Å²) in [5.74, 6) is 0.684. The van der Waals surface area contributed by atoms with Gasteiger partial charge in [-0.15, -0.1) is 0 Å². The first-order chi connectivity index (χ1) is 14.8. The van der Waals surface area contributed by atoms with Gasteiger partial charge >= 0.3 is 0 Å². The fourth-order valence-electron chi connectivity index (χ4n) is 2.63. The Morgan fingerprint density at radius 3 is 2.29 bits per heavy atom. The van der Waals surface area contributed by atoms with Crippen LogP contribution in [0, 0.1) is 0 Å². The lowest BCUT2D eigenvalue weighted by molar-refractivity contribution is 0.342. The summed E-state index contributed by atoms with van der Waals surface area (Å²) in [4.78, 5) is 0.0877. The molecule has 0 aliphatic heterocycles. The van der Waals surface area contributed by atoms with Crippen molar-refractivity contribution in [1.29, 1.82) is 0 Å². The number of nitrogens with one attached hydrogen (secondary N) is 3. The molecule has 0 atom stereocenters. The summed E-state index contributed by atoms with van der Waals surface area (Å²) in [5.41, 5.74) is 1.67. The maximum absolute atomic E-state index is 12.6. The van der Waals surface area contributed by atoms with E-state index in [4.69, 9.17) is 40.2 Å². The highest BCUT2D eigenvalue weighted by atomic mass is 35.5. The number of thiocarbonyl (C=S) groups is 1. The van der Waals surface area contributed by atoms with Crippen LogP contribution >= 0.6 is 35.4 Å². The summed E-state index contributed by atoms with van der Waals surface area (Å²) >= 11 is 17.2. The molecule has 0 aliphatic carbocycles. The van der Waals surface area contributed by atoms with Crippen molar-refractivity contribution >= 4 is 67.6 Å². The van der Waals surface area contributed by atoms with E-state index in [1.54, 1.807) is 12.1 Å². The van der Waals surface area contributed by atoms with E-state index in [1.165, 1.54) is 30.3 Å². The van der Waals surface area contributed by atoms with E-state index >= 15 is 0 Å². The maximum atomic E-state index is 12.6. The number of anilines is 3. The first-order valence-corrected chi connectivity index (χ1v) is 11.8. The second kappa shape index (κ2) is 10.2. The minimum absolute atomic E-state index is 0.0877. The van der Waals surface area contributed by atoms with Crippen LogP contribution in [0.1, 0.15) is 6.92 Å². The van der Waals surface area contributed by atoms with Gasteiger partial charge in [0, 0.05) is 5.69 Å². The van der Waals surface area contributed by atoms with E-state index < -0.39 is 10.0 Å². The molecule has 0 radical (unpaired) electrons. The Hall–Kier alpha value is -2.52. The molecule has 0 unspecified atom stereocenters. The van der Waals surface area contributed by atoms with Gasteiger partial charge in [-0.3, -0.25) is 4.72 Å². The van der Waals surface area contributed by atoms with Crippen molar-refractivity contribution in [2.45, 2.75) is 11.8 Å². The molecule has 3 aromatic carbocycles. The van der Waals surface area contributed by atoms with Gasteiger partial charge in [0.05, 0.1) is 32.9 Å². The maximum Gasteiger partial charge on any atom is 0.261 e. The molecular formula is C21H19Cl2N3O3S2. The number of ether oxygens (including phenoxy) is 1. The lowest BCUT2D eigenvalue weighted by Crippen LogP contribution is -2.19. The molecule has 3 N–H and O–H groups in total. The number of benzene rings is 3. The minimum Gasteiger partial charge on any atom is -0.492 e. The minimum atomic E-state index is -3.79. The summed E-state index contributed by atoms with van der Waals surface area (Å²) < 4.78 is 33.3. The van der Waals surface area contributed by atoms with Gasteiger partial charge in [0.25, 0.3) is 10.0 Å². The highest BCUT2D eigenvalue weighted by Crippen LogP contribution is 2.27. The molecule has 0 amide bonds. The number of halogens is 2. The summed E-state index contributed by atoms with van der Waals surface area (Å²) in [5, 5.41) is 7.03. The average molecular weight is 496 g/mol. The van der Waals surface area contributed by atoms with Crippen molar-refractivity contribution in [1.82, 2.24) is 0 Å². The third-order valence-corrected chi connectivity index (χ3v) is 6.37. The Balaban J connectivity index is 1.67. The normalized spacial score (nSPS) is 10.9. The highest BCUT2D eigenvalue weighted by Gasteiger charge is 2.15. The fourth-order valence-corrected chi connectivity index (χ4v) is 4.20. The molecule has 0 heterocycles. The van der Waals surface area contributed by atoms with Crippen molar-refractivity contribution in [3.05, 3.63) is 76.8 Å². The number of sulfonamides is 1. The van der Waals surface area contributed by atoms with Crippen molar-refractivity contribution in [2.24, 2.45) is 0 Å². The van der Waals surface area contributed by atoms with Gasteiger partial charge in [-0.25, -0.2) is 8.42 Å². The number of para-hydroxylation sites is 2. The van der Waals surface area contributed by atoms with Crippen LogP contribution in [0.3, 0.4) is 0 Å². The summed E-state index contributed by atoms with van der Waals surface area (Å²) in [6.45, 7) is 2.43. The largest absolute Gasteiger partial charge is 0.492 e. The highest BCUT2D eigenvalue weighted by molar-refractivity contribution is 7.92. The zero-order valence-electron chi connectivity index (χ0n) is 16.4. The van der Waals surface area contributed by atoms with E-state index in [2.05, 4.69) is 15.4 Å². The van der Waals surface area contributed by atoms with Gasteiger partial charge in [-0.1, -0.05) is 35.3 Å². The molecule has 31 heavy (non-hydrogen) atoms. The van der Waals surface area contributed by atoms with E-state index in [-0.39, 0.29) is 9.92 Å². The lowest BCUT2D eigenvalue weighted by Gasteiger charge is -2.14. The molecule has 10 heteroatoms. The molecule has 0 aromatic heterocycles. The van der Waals surface area contributed by atoms with Crippen LogP contribution in [-0.4, -0.2) is 20.1 Å². The van der Waals surface area contributed by atoms with Gasteiger partial charge in [0.15, 0.2) is 5.11 Å². The summed E-state index contributed by atoms with van der Waals surface area (Å²) in [7, 11) is -3.79. The van der Waals surface area contributed by atoms with Gasteiger partial charge in [-0.05, 0) is 73.7 Å². The standard InChI is InChI=1S/C21H19Cl2N3O3S2/c1-2-29-20-6-4-3-5-19(20)25-21(30)24-14-7-10-16(11-8-14)31(27,28)26-15-9-12-17(22)18(23)13-15/h3-13,26H,2H2,1H3,(H2,24,25,30). The molecule has 0 saturated heterocycles. The topological polar surface area (TPSA) is 79.5 Å². The van der Waals surface area contributed by atoms with E-state index in [1.807, 2.05) is 31.2 Å². The molecule has 0 spiro atoms. The Morgan fingerprint density at radius 2 is 1.61 bits per heavy atom. The predicted molar refractivity (Wildman–Crippen MR) is 131 cm³/mol. The third-order valence-electron chi connectivity index (χ3n) is 4.03. The molecule has 3 rings (SSSR count). The van der Waals surface area contributed by atoms with Gasteiger partial charge in [-0.2, -0.15) is 0 Å². The number of rotatable bonds is 7. The van der Waals surface area contributed by atoms with Gasteiger partial charge in [0.1, 0.15) is 5.75 Å². The predicted octanol–water partition coefficient (Wildman–Crippen LogP) is 6.00. The van der Waals surface area contributed by atoms with Crippen LogP contribution in [0.25, 0.3) is 0 Å². The second-order valence-electron chi connectivity index (χ2n) is 6.27. The zero-order valence-corrected chi connectivity index (χ0v) is 19.5. The summed E-state index contributed by atoms with van der Waals surface area (Å²) in [6, 6.07) is 18.1. The lowest BCUT2D eigenvalue weighted by atomic mass is 10.3. The van der Waals surface area contributed by atoms with Crippen LogP contribution in [0.5, 0.6) is 5.75 Å².